The fourth-order valence-corrected chi connectivity index (χ4v) is 3.61. The van der Waals surface area contributed by atoms with Gasteiger partial charge in [0.2, 0.25) is 0 Å². The van der Waals surface area contributed by atoms with E-state index in [0.717, 1.165) is 35.8 Å². The average Bonchev–Trinajstić information content (AvgIpc) is 3.02. The maximum absolute atomic E-state index is 12.2. The third-order valence-electron chi connectivity index (χ3n) is 4.41. The second-order valence-electron chi connectivity index (χ2n) is 7.52. The highest BCUT2D eigenvalue weighted by atomic mass is 28.3. The van der Waals surface area contributed by atoms with Gasteiger partial charge in [-0.15, -0.1) is 0 Å². The number of amides is 1. The normalized spacial score (nSPS) is 15.8. The first-order valence-electron chi connectivity index (χ1n) is 8.57. The quantitative estimate of drug-likeness (QED) is 0.784. The summed E-state index contributed by atoms with van der Waals surface area (Å²) in [6, 6.07) is 9.16. The lowest BCUT2D eigenvalue weighted by Gasteiger charge is -2.35. The number of hydrogen-bond acceptors (Lipinski definition) is 4. The molecule has 0 radical (unpaired) electrons. The Bertz CT molecular complexity index is 700. The molecule has 0 N–H and O–H groups in total. The molecule has 1 amide bonds. The molecule has 24 heavy (non-hydrogen) atoms. The third kappa shape index (κ3) is 3.92. The molecule has 1 aromatic heterocycles. The molecular weight excluding hydrogens is 320 g/mol. The highest BCUT2D eigenvalue weighted by Crippen LogP contribution is 2.28. The summed E-state index contributed by atoms with van der Waals surface area (Å²) in [4.78, 5) is 16.3. The Morgan fingerprint density at radius 3 is 2.62 bits per heavy atom. The molecule has 0 unspecified atom stereocenters. The molecule has 1 aliphatic heterocycles. The van der Waals surface area contributed by atoms with E-state index in [1.165, 1.54) is 0 Å². The standard InChI is InChI=1S/C18H26N2O3Si/c1-24(2,3)14-13-23-18(21)20-10-8-19(9-11-20)16-6-4-5-15-7-12-22-17(15)16/h4-7,12H,8-11,13-14H2,1-3H3. The van der Waals surface area contributed by atoms with Crippen LogP contribution >= 0.6 is 0 Å². The number of fused-ring (bicyclic) bond motifs is 1. The van der Waals surface area contributed by atoms with Gasteiger partial charge in [-0.2, -0.15) is 0 Å². The van der Waals surface area contributed by atoms with Crippen LogP contribution in [0.3, 0.4) is 0 Å². The van der Waals surface area contributed by atoms with Crippen molar-refractivity contribution in [3.05, 3.63) is 30.5 Å². The molecule has 0 bridgehead atoms. The van der Waals surface area contributed by atoms with Crippen molar-refractivity contribution in [2.45, 2.75) is 25.7 Å². The minimum atomic E-state index is -1.16. The smallest absolute Gasteiger partial charge is 0.409 e. The maximum atomic E-state index is 12.2. The van der Waals surface area contributed by atoms with Crippen LogP contribution in [0.2, 0.25) is 25.7 Å². The summed E-state index contributed by atoms with van der Waals surface area (Å²) in [5.74, 6) is 0. The summed E-state index contributed by atoms with van der Waals surface area (Å²) in [7, 11) is -1.16. The molecule has 0 aliphatic carbocycles. The van der Waals surface area contributed by atoms with Crippen LogP contribution in [0.5, 0.6) is 0 Å². The van der Waals surface area contributed by atoms with Crippen molar-refractivity contribution in [3.8, 4) is 0 Å². The number of benzene rings is 1. The number of hydrogen-bond donors (Lipinski definition) is 0. The van der Waals surface area contributed by atoms with Gasteiger partial charge in [0.25, 0.3) is 0 Å². The van der Waals surface area contributed by atoms with Crippen LogP contribution in [0.4, 0.5) is 10.5 Å². The maximum Gasteiger partial charge on any atom is 0.409 e. The zero-order valence-electron chi connectivity index (χ0n) is 14.7. The Kier molecular flexibility index (Phi) is 4.85. The Labute approximate surface area is 144 Å². The van der Waals surface area contributed by atoms with E-state index in [0.29, 0.717) is 19.7 Å². The van der Waals surface area contributed by atoms with Gasteiger partial charge in [-0.05, 0) is 18.2 Å². The zero-order valence-corrected chi connectivity index (χ0v) is 15.7. The van der Waals surface area contributed by atoms with Crippen molar-refractivity contribution < 1.29 is 13.9 Å². The van der Waals surface area contributed by atoms with E-state index in [1.807, 2.05) is 17.0 Å². The number of furan rings is 1. The minimum Gasteiger partial charge on any atom is -0.462 e. The number of para-hydroxylation sites is 1. The highest BCUT2D eigenvalue weighted by Gasteiger charge is 2.24. The van der Waals surface area contributed by atoms with Crippen LogP contribution in [0, 0.1) is 0 Å². The summed E-state index contributed by atoms with van der Waals surface area (Å²) in [6.07, 6.45) is 1.55. The zero-order chi connectivity index (χ0) is 17.2. The second-order valence-corrected chi connectivity index (χ2v) is 13.1. The van der Waals surface area contributed by atoms with Crippen LogP contribution in [0.1, 0.15) is 0 Å². The fraction of sp³-hybridized carbons (Fsp3) is 0.500. The highest BCUT2D eigenvalue weighted by molar-refractivity contribution is 6.76. The van der Waals surface area contributed by atoms with Gasteiger partial charge in [0, 0.05) is 39.6 Å². The number of carbonyl (C=O) groups excluding carboxylic acids is 1. The summed E-state index contributed by atoms with van der Waals surface area (Å²) < 4.78 is 11.1. The van der Waals surface area contributed by atoms with Gasteiger partial charge in [-0.3, -0.25) is 0 Å². The van der Waals surface area contributed by atoms with Gasteiger partial charge in [0.05, 0.1) is 18.6 Å². The molecule has 0 saturated carbocycles. The van der Waals surface area contributed by atoms with Gasteiger partial charge in [-0.25, -0.2) is 4.79 Å². The molecule has 5 nitrogen and oxygen atoms in total. The monoisotopic (exact) mass is 346 g/mol. The van der Waals surface area contributed by atoms with Crippen molar-refractivity contribution in [1.82, 2.24) is 4.90 Å². The molecule has 2 heterocycles. The van der Waals surface area contributed by atoms with E-state index < -0.39 is 8.07 Å². The second kappa shape index (κ2) is 6.89. The first-order valence-corrected chi connectivity index (χ1v) is 12.3. The number of piperazine rings is 1. The molecule has 0 atom stereocenters. The molecule has 1 fully saturated rings. The molecule has 0 spiro atoms. The number of carbonyl (C=O) groups is 1. The molecule has 1 aromatic carbocycles. The van der Waals surface area contributed by atoms with Gasteiger partial charge < -0.3 is 19.0 Å². The van der Waals surface area contributed by atoms with E-state index in [4.69, 9.17) is 9.15 Å². The van der Waals surface area contributed by atoms with Crippen molar-refractivity contribution in [3.63, 3.8) is 0 Å². The van der Waals surface area contributed by atoms with Gasteiger partial charge >= 0.3 is 6.09 Å². The Morgan fingerprint density at radius 1 is 1.17 bits per heavy atom. The van der Waals surface area contributed by atoms with Crippen LogP contribution in [0.15, 0.2) is 34.9 Å². The fourth-order valence-electron chi connectivity index (χ4n) is 2.89. The molecule has 1 aliphatic rings. The number of ether oxygens (including phenoxy) is 1. The van der Waals surface area contributed by atoms with E-state index in [9.17, 15) is 4.79 Å². The summed E-state index contributed by atoms with van der Waals surface area (Å²) in [5.41, 5.74) is 2.02. The molecule has 3 rings (SSSR count). The first-order chi connectivity index (χ1) is 11.4. The first kappa shape index (κ1) is 16.9. The SMILES string of the molecule is C[Si](C)(C)CCOC(=O)N1CCN(c2cccc3ccoc23)CC1. The Morgan fingerprint density at radius 2 is 1.92 bits per heavy atom. The summed E-state index contributed by atoms with van der Waals surface area (Å²) in [6.45, 7) is 10.4. The molecule has 1 saturated heterocycles. The Balaban J connectivity index is 1.54. The molecular formula is C18H26N2O3Si. The van der Waals surface area contributed by atoms with E-state index in [-0.39, 0.29) is 6.09 Å². The molecule has 2 aromatic rings. The van der Waals surface area contributed by atoms with Crippen molar-refractivity contribution in [2.24, 2.45) is 0 Å². The summed E-state index contributed by atoms with van der Waals surface area (Å²) >= 11 is 0. The average molecular weight is 347 g/mol. The van der Waals surface area contributed by atoms with Crippen molar-refractivity contribution >= 4 is 30.8 Å². The van der Waals surface area contributed by atoms with Gasteiger partial charge in [0.15, 0.2) is 5.58 Å². The largest absolute Gasteiger partial charge is 0.462 e. The van der Waals surface area contributed by atoms with E-state index >= 15 is 0 Å². The van der Waals surface area contributed by atoms with Crippen LogP contribution in [-0.2, 0) is 4.74 Å². The minimum absolute atomic E-state index is 0.177. The van der Waals surface area contributed by atoms with E-state index in [2.05, 4.69) is 36.7 Å². The van der Waals surface area contributed by atoms with Crippen LogP contribution < -0.4 is 4.90 Å². The number of anilines is 1. The van der Waals surface area contributed by atoms with E-state index in [1.54, 1.807) is 6.26 Å². The predicted molar refractivity (Wildman–Crippen MR) is 99.5 cm³/mol. The lowest BCUT2D eigenvalue weighted by molar-refractivity contribution is 0.105. The lowest BCUT2D eigenvalue weighted by atomic mass is 10.2. The van der Waals surface area contributed by atoms with Crippen LogP contribution in [0.25, 0.3) is 11.0 Å². The van der Waals surface area contributed by atoms with Gasteiger partial charge in [-0.1, -0.05) is 31.8 Å². The lowest BCUT2D eigenvalue weighted by Crippen LogP contribution is -2.49. The van der Waals surface area contributed by atoms with Crippen LogP contribution in [-0.4, -0.2) is 51.9 Å². The predicted octanol–water partition coefficient (Wildman–Crippen LogP) is 4.03. The number of nitrogens with zero attached hydrogens (tertiary/aromatic N) is 2. The van der Waals surface area contributed by atoms with Crippen molar-refractivity contribution in [1.29, 1.82) is 0 Å². The molecule has 6 heteroatoms. The Hall–Kier alpha value is -1.95. The summed E-state index contributed by atoms with van der Waals surface area (Å²) in [5, 5.41) is 1.11. The third-order valence-corrected chi connectivity index (χ3v) is 6.12. The van der Waals surface area contributed by atoms with Gasteiger partial charge in [0.1, 0.15) is 0 Å². The topological polar surface area (TPSA) is 45.9 Å². The molecule has 130 valence electrons. The van der Waals surface area contributed by atoms with Crippen molar-refractivity contribution in [2.75, 3.05) is 37.7 Å². The number of rotatable bonds is 4.